The molecule has 0 saturated carbocycles. The van der Waals surface area contributed by atoms with Crippen molar-refractivity contribution < 1.29 is 26.3 Å². The Hall–Kier alpha value is -2.06. The molecule has 2 aromatic carbocycles. The van der Waals surface area contributed by atoms with Crippen LogP contribution in [-0.2, 0) is 0 Å². The van der Waals surface area contributed by atoms with Crippen molar-refractivity contribution in [1.29, 1.82) is 0 Å². The highest BCUT2D eigenvalue weighted by Gasteiger charge is 2.30. The summed E-state index contributed by atoms with van der Waals surface area (Å²) in [5, 5.41) is 0. The summed E-state index contributed by atoms with van der Waals surface area (Å²) in [6.45, 7) is 0. The quantitative estimate of drug-likeness (QED) is 0.301. The van der Waals surface area contributed by atoms with Gasteiger partial charge in [0.25, 0.3) is 0 Å². The van der Waals surface area contributed by atoms with E-state index < -0.39 is 46.5 Å². The molecule has 21 heavy (non-hydrogen) atoms. The zero-order valence-corrected chi connectivity index (χ0v) is 10.2. The highest BCUT2D eigenvalue weighted by molar-refractivity contribution is 5.35. The summed E-state index contributed by atoms with van der Waals surface area (Å²) < 4.78 is 79.6. The van der Waals surface area contributed by atoms with E-state index in [9.17, 15) is 26.3 Å². The van der Waals surface area contributed by atoms with Crippen LogP contribution in [0.4, 0.5) is 26.3 Å². The van der Waals surface area contributed by atoms with Gasteiger partial charge >= 0.3 is 0 Å². The smallest absolute Gasteiger partial charge is 0.200 e. The van der Waals surface area contributed by atoms with Gasteiger partial charge in [0, 0.05) is 0 Å². The second-order valence-electron chi connectivity index (χ2n) is 4.13. The fourth-order valence-corrected chi connectivity index (χ4v) is 1.88. The second-order valence-corrected chi connectivity index (χ2v) is 4.13. The minimum Gasteiger partial charge on any atom is -0.271 e. The van der Waals surface area contributed by atoms with Crippen LogP contribution in [-0.4, -0.2) is 0 Å². The van der Waals surface area contributed by atoms with Crippen molar-refractivity contribution in [3.8, 4) is 0 Å². The number of hydrogen-bond donors (Lipinski definition) is 2. The zero-order valence-electron chi connectivity index (χ0n) is 10.2. The number of hydrazine groups is 1. The summed E-state index contributed by atoms with van der Waals surface area (Å²) in [5.41, 5.74) is 0.843. The molecular formula is C13H8F6N2. The van der Waals surface area contributed by atoms with Gasteiger partial charge in [0.1, 0.15) is 5.82 Å². The molecule has 2 aromatic rings. The largest absolute Gasteiger partial charge is 0.271 e. The van der Waals surface area contributed by atoms with Crippen molar-refractivity contribution in [2.24, 2.45) is 5.84 Å². The van der Waals surface area contributed by atoms with E-state index in [0.29, 0.717) is 0 Å². The van der Waals surface area contributed by atoms with Crippen LogP contribution in [0.25, 0.3) is 0 Å². The Labute approximate surface area is 115 Å². The van der Waals surface area contributed by atoms with Crippen molar-refractivity contribution in [3.05, 3.63) is 70.3 Å². The minimum atomic E-state index is -2.26. The summed E-state index contributed by atoms with van der Waals surface area (Å²) in [6.07, 6.45) is 0. The van der Waals surface area contributed by atoms with Crippen molar-refractivity contribution in [2.45, 2.75) is 6.04 Å². The first kappa shape index (κ1) is 15.3. The second kappa shape index (κ2) is 5.74. The third-order valence-corrected chi connectivity index (χ3v) is 2.90. The fraction of sp³-hybridized carbons (Fsp3) is 0.0769. The third-order valence-electron chi connectivity index (χ3n) is 2.90. The summed E-state index contributed by atoms with van der Waals surface area (Å²) in [6, 6.07) is 2.61. The molecule has 0 spiro atoms. The van der Waals surface area contributed by atoms with E-state index in [1.165, 1.54) is 0 Å². The SMILES string of the molecule is NNC(c1ccc(F)cc1)c1c(F)c(F)c(F)c(F)c1F. The Balaban J connectivity index is 2.65. The Bertz CT molecular complexity index is 642. The van der Waals surface area contributed by atoms with Crippen LogP contribution in [0.1, 0.15) is 17.2 Å². The van der Waals surface area contributed by atoms with E-state index in [1.807, 2.05) is 5.43 Å². The molecular weight excluding hydrogens is 298 g/mol. The number of halogens is 6. The van der Waals surface area contributed by atoms with Gasteiger partial charge in [-0.1, -0.05) is 12.1 Å². The molecule has 1 atom stereocenters. The van der Waals surface area contributed by atoms with Crippen LogP contribution in [0.15, 0.2) is 24.3 Å². The van der Waals surface area contributed by atoms with E-state index in [1.54, 1.807) is 0 Å². The molecule has 0 aliphatic heterocycles. The van der Waals surface area contributed by atoms with Crippen LogP contribution in [0.3, 0.4) is 0 Å². The molecule has 2 rings (SSSR count). The molecule has 3 N–H and O–H groups in total. The highest BCUT2D eigenvalue weighted by atomic mass is 19.2. The summed E-state index contributed by atoms with van der Waals surface area (Å²) in [7, 11) is 0. The van der Waals surface area contributed by atoms with E-state index in [2.05, 4.69) is 0 Å². The topological polar surface area (TPSA) is 38.0 Å². The highest BCUT2D eigenvalue weighted by Crippen LogP contribution is 2.31. The number of rotatable bonds is 3. The van der Waals surface area contributed by atoms with Crippen LogP contribution in [0.5, 0.6) is 0 Å². The molecule has 0 aliphatic carbocycles. The normalized spacial score (nSPS) is 12.5. The Kier molecular flexibility index (Phi) is 4.19. The van der Waals surface area contributed by atoms with Crippen LogP contribution in [0.2, 0.25) is 0 Å². The van der Waals surface area contributed by atoms with E-state index >= 15 is 0 Å². The average Bonchev–Trinajstić information content (AvgIpc) is 2.49. The Morgan fingerprint density at radius 2 is 1.14 bits per heavy atom. The molecule has 1 unspecified atom stereocenters. The van der Waals surface area contributed by atoms with Gasteiger partial charge in [-0.2, -0.15) is 0 Å². The Morgan fingerprint density at radius 3 is 1.57 bits per heavy atom. The van der Waals surface area contributed by atoms with Crippen molar-refractivity contribution in [3.63, 3.8) is 0 Å². The lowest BCUT2D eigenvalue weighted by molar-refractivity contribution is 0.362. The lowest BCUT2D eigenvalue weighted by Gasteiger charge is -2.19. The molecule has 0 radical (unpaired) electrons. The molecule has 2 nitrogen and oxygen atoms in total. The van der Waals surface area contributed by atoms with Gasteiger partial charge in [-0.05, 0) is 17.7 Å². The lowest BCUT2D eigenvalue weighted by atomic mass is 9.97. The van der Waals surface area contributed by atoms with E-state index in [0.717, 1.165) is 24.3 Å². The number of nitrogens with two attached hydrogens (primary N) is 1. The predicted octanol–water partition coefficient (Wildman–Crippen LogP) is 3.07. The van der Waals surface area contributed by atoms with Gasteiger partial charge in [0.05, 0.1) is 11.6 Å². The van der Waals surface area contributed by atoms with Crippen LogP contribution >= 0.6 is 0 Å². The third kappa shape index (κ3) is 2.59. The summed E-state index contributed by atoms with van der Waals surface area (Å²) >= 11 is 0. The maximum Gasteiger partial charge on any atom is 0.200 e. The fourth-order valence-electron chi connectivity index (χ4n) is 1.88. The first-order valence-corrected chi connectivity index (χ1v) is 5.61. The Morgan fingerprint density at radius 1 is 0.714 bits per heavy atom. The van der Waals surface area contributed by atoms with Gasteiger partial charge in [-0.15, -0.1) is 0 Å². The van der Waals surface area contributed by atoms with Crippen molar-refractivity contribution in [1.82, 2.24) is 5.43 Å². The van der Waals surface area contributed by atoms with E-state index in [4.69, 9.17) is 5.84 Å². The molecule has 0 aromatic heterocycles. The molecule has 0 amide bonds. The number of nitrogens with one attached hydrogen (secondary N) is 1. The average molecular weight is 306 g/mol. The molecule has 0 fully saturated rings. The monoisotopic (exact) mass is 306 g/mol. The van der Waals surface area contributed by atoms with Gasteiger partial charge in [-0.3, -0.25) is 5.84 Å². The number of benzene rings is 2. The van der Waals surface area contributed by atoms with Crippen LogP contribution < -0.4 is 11.3 Å². The first-order chi connectivity index (χ1) is 9.88. The molecule has 112 valence electrons. The summed E-state index contributed by atoms with van der Waals surface area (Å²) in [4.78, 5) is 0. The van der Waals surface area contributed by atoms with Gasteiger partial charge in [0.2, 0.25) is 5.82 Å². The minimum absolute atomic E-state index is 0.0297. The maximum absolute atomic E-state index is 13.7. The molecule has 0 aliphatic rings. The lowest BCUT2D eigenvalue weighted by Crippen LogP contribution is -2.31. The molecule has 0 heterocycles. The van der Waals surface area contributed by atoms with Crippen molar-refractivity contribution in [2.75, 3.05) is 0 Å². The van der Waals surface area contributed by atoms with Gasteiger partial charge < -0.3 is 0 Å². The maximum atomic E-state index is 13.7. The molecule has 0 saturated heterocycles. The van der Waals surface area contributed by atoms with Gasteiger partial charge in [0.15, 0.2) is 23.3 Å². The van der Waals surface area contributed by atoms with Gasteiger partial charge in [-0.25, -0.2) is 31.8 Å². The molecule has 0 bridgehead atoms. The number of hydrogen-bond acceptors (Lipinski definition) is 2. The predicted molar refractivity (Wildman–Crippen MR) is 61.8 cm³/mol. The van der Waals surface area contributed by atoms with Crippen LogP contribution in [0, 0.1) is 34.9 Å². The van der Waals surface area contributed by atoms with Crippen molar-refractivity contribution >= 4 is 0 Å². The summed E-state index contributed by atoms with van der Waals surface area (Å²) in [5.74, 6) is -5.92. The molecule has 8 heteroatoms. The standard InChI is InChI=1S/C13H8F6N2/c14-6-3-1-5(2-4-6)13(21-20)7-8(15)10(17)12(19)11(18)9(7)16/h1-4,13,21H,20H2. The van der Waals surface area contributed by atoms with E-state index in [-0.39, 0.29) is 5.56 Å². The zero-order chi connectivity index (χ0) is 15.7. The first-order valence-electron chi connectivity index (χ1n) is 5.61.